The first-order valence-electron chi connectivity index (χ1n) is 9.26. The van der Waals surface area contributed by atoms with E-state index in [9.17, 15) is 13.2 Å². The first-order chi connectivity index (χ1) is 14.4. The zero-order valence-electron chi connectivity index (χ0n) is 16.8. The molecule has 0 spiro atoms. The molecule has 2 aromatic carbocycles. The number of hydrogen-bond donors (Lipinski definition) is 1. The summed E-state index contributed by atoms with van der Waals surface area (Å²) < 4.78 is 43.0. The summed E-state index contributed by atoms with van der Waals surface area (Å²) in [5.74, 6) is 0.919. The van der Waals surface area contributed by atoms with Crippen LogP contribution in [0.15, 0.2) is 52.3 Å². The first-order valence-corrected chi connectivity index (χ1v) is 11.7. The molecule has 0 aromatic heterocycles. The van der Waals surface area contributed by atoms with E-state index in [1.165, 1.54) is 29.2 Å². The van der Waals surface area contributed by atoms with Gasteiger partial charge in [0, 0.05) is 23.7 Å². The number of rotatable bonds is 8. The van der Waals surface area contributed by atoms with Gasteiger partial charge in [-0.2, -0.15) is 4.31 Å². The first kappa shape index (κ1) is 22.4. The molecule has 1 amide bonds. The fourth-order valence-electron chi connectivity index (χ4n) is 2.90. The molecule has 1 heterocycles. The molecule has 0 bridgehead atoms. The van der Waals surface area contributed by atoms with Crippen LogP contribution in [-0.2, 0) is 19.6 Å². The maximum atomic E-state index is 13.0. The number of carbonyl (C=O) groups is 1. The highest BCUT2D eigenvalue weighted by Gasteiger charge is 2.29. The number of sulfonamides is 1. The van der Waals surface area contributed by atoms with E-state index < -0.39 is 10.0 Å². The van der Waals surface area contributed by atoms with Crippen LogP contribution in [0.2, 0.25) is 0 Å². The number of nitrogens with zero attached hydrogens (tertiary/aromatic N) is 1. The van der Waals surface area contributed by atoms with Crippen molar-refractivity contribution in [3.8, 4) is 11.5 Å². The number of anilines is 1. The van der Waals surface area contributed by atoms with Gasteiger partial charge in [-0.05, 0) is 42.5 Å². The molecule has 1 saturated heterocycles. The molecule has 10 heteroatoms. The van der Waals surface area contributed by atoms with Crippen LogP contribution in [0.25, 0.3) is 0 Å². The van der Waals surface area contributed by atoms with Crippen LogP contribution in [0.1, 0.15) is 0 Å². The Morgan fingerprint density at radius 3 is 2.43 bits per heavy atom. The number of nitrogens with one attached hydrogen (secondary N) is 1. The normalized spacial score (nSPS) is 14.9. The molecule has 1 fully saturated rings. The fourth-order valence-corrected chi connectivity index (χ4v) is 5.19. The van der Waals surface area contributed by atoms with E-state index >= 15 is 0 Å². The summed E-state index contributed by atoms with van der Waals surface area (Å²) in [4.78, 5) is 13.3. The summed E-state index contributed by atoms with van der Waals surface area (Å²) >= 11 is 1.37. The number of carbonyl (C=O) groups excluding carboxylic acids is 1. The lowest BCUT2D eigenvalue weighted by Crippen LogP contribution is -2.40. The predicted octanol–water partition coefficient (Wildman–Crippen LogP) is 2.46. The molecule has 0 saturated carbocycles. The van der Waals surface area contributed by atoms with Crippen molar-refractivity contribution in [2.45, 2.75) is 9.79 Å². The molecule has 1 N–H and O–H groups in total. The molecule has 1 aliphatic heterocycles. The maximum absolute atomic E-state index is 13.0. The van der Waals surface area contributed by atoms with Crippen LogP contribution in [-0.4, -0.2) is 64.9 Å². The van der Waals surface area contributed by atoms with Crippen LogP contribution >= 0.6 is 11.8 Å². The second-order valence-corrected chi connectivity index (χ2v) is 9.35. The highest BCUT2D eigenvalue weighted by atomic mass is 32.2. The zero-order valence-corrected chi connectivity index (χ0v) is 18.4. The highest BCUT2D eigenvalue weighted by Crippen LogP contribution is 2.30. The number of thioether (sulfide) groups is 1. The lowest BCUT2D eigenvalue weighted by molar-refractivity contribution is -0.113. The Kier molecular flexibility index (Phi) is 7.59. The van der Waals surface area contributed by atoms with E-state index in [4.69, 9.17) is 14.2 Å². The number of ether oxygens (including phenoxy) is 3. The van der Waals surface area contributed by atoms with Crippen molar-refractivity contribution in [1.29, 1.82) is 0 Å². The van der Waals surface area contributed by atoms with Gasteiger partial charge in [0.05, 0.1) is 33.2 Å². The molecular weight excluding hydrogens is 428 g/mol. The molecule has 162 valence electrons. The highest BCUT2D eigenvalue weighted by molar-refractivity contribution is 8.00. The Labute approximate surface area is 180 Å². The molecule has 0 radical (unpaired) electrons. The molecule has 0 unspecified atom stereocenters. The number of amides is 1. The zero-order chi connectivity index (χ0) is 21.6. The van der Waals surface area contributed by atoms with Gasteiger partial charge in [0.25, 0.3) is 0 Å². The van der Waals surface area contributed by atoms with Gasteiger partial charge in [0.15, 0.2) is 0 Å². The smallest absolute Gasteiger partial charge is 0.246 e. The second-order valence-electron chi connectivity index (χ2n) is 6.39. The van der Waals surface area contributed by atoms with Gasteiger partial charge in [0.1, 0.15) is 16.4 Å². The minimum absolute atomic E-state index is 0.0208. The third-order valence-corrected chi connectivity index (χ3v) is 7.40. The van der Waals surface area contributed by atoms with E-state index in [1.807, 2.05) is 24.3 Å². The minimum Gasteiger partial charge on any atom is -0.497 e. The Morgan fingerprint density at radius 1 is 1.10 bits per heavy atom. The Hall–Kier alpha value is -2.27. The van der Waals surface area contributed by atoms with Gasteiger partial charge in [0.2, 0.25) is 15.9 Å². The van der Waals surface area contributed by atoms with Gasteiger partial charge in [-0.3, -0.25) is 4.79 Å². The van der Waals surface area contributed by atoms with Crippen molar-refractivity contribution in [3.63, 3.8) is 0 Å². The number of benzene rings is 2. The topological polar surface area (TPSA) is 94.2 Å². The second kappa shape index (κ2) is 10.2. The summed E-state index contributed by atoms with van der Waals surface area (Å²) in [7, 11) is -0.756. The molecule has 30 heavy (non-hydrogen) atoms. The number of methoxy groups -OCH3 is 2. The summed E-state index contributed by atoms with van der Waals surface area (Å²) in [6.45, 7) is 1.25. The molecule has 1 aliphatic rings. The van der Waals surface area contributed by atoms with Crippen LogP contribution < -0.4 is 14.8 Å². The standard InChI is InChI=1S/C20H24N2O6S2/c1-26-16-4-6-17(7-5-16)29-14-20(23)21-15-3-8-18(27-2)19(13-15)30(24,25)22-9-11-28-12-10-22/h3-8,13H,9-12,14H2,1-2H3,(H,21,23). The van der Waals surface area contributed by atoms with Crippen molar-refractivity contribution in [3.05, 3.63) is 42.5 Å². The van der Waals surface area contributed by atoms with E-state index in [0.29, 0.717) is 18.9 Å². The third kappa shape index (κ3) is 5.45. The number of hydrogen-bond acceptors (Lipinski definition) is 7. The molecular formula is C20H24N2O6S2. The summed E-state index contributed by atoms with van der Waals surface area (Å²) in [5, 5.41) is 2.75. The van der Waals surface area contributed by atoms with E-state index in [2.05, 4.69) is 5.32 Å². The fraction of sp³-hybridized carbons (Fsp3) is 0.350. The van der Waals surface area contributed by atoms with Gasteiger partial charge < -0.3 is 19.5 Å². The van der Waals surface area contributed by atoms with Crippen molar-refractivity contribution >= 4 is 33.4 Å². The van der Waals surface area contributed by atoms with Gasteiger partial charge in [-0.25, -0.2) is 8.42 Å². The molecule has 2 aromatic rings. The quantitative estimate of drug-likeness (QED) is 0.615. The Bertz CT molecular complexity index is 973. The molecule has 0 atom stereocenters. The largest absolute Gasteiger partial charge is 0.497 e. The minimum atomic E-state index is -3.77. The van der Waals surface area contributed by atoms with Crippen molar-refractivity contribution in [1.82, 2.24) is 4.31 Å². The van der Waals surface area contributed by atoms with E-state index in [0.717, 1.165) is 10.6 Å². The lowest BCUT2D eigenvalue weighted by Gasteiger charge is -2.26. The Balaban J connectivity index is 1.69. The van der Waals surface area contributed by atoms with Crippen molar-refractivity contribution in [2.75, 3.05) is 51.6 Å². The SMILES string of the molecule is COc1ccc(SCC(=O)Nc2ccc(OC)c(S(=O)(=O)N3CCOCC3)c2)cc1. The van der Waals surface area contributed by atoms with Crippen molar-refractivity contribution in [2.24, 2.45) is 0 Å². The summed E-state index contributed by atoms with van der Waals surface area (Å²) in [6.07, 6.45) is 0. The lowest BCUT2D eigenvalue weighted by atomic mass is 10.3. The predicted molar refractivity (Wildman–Crippen MR) is 115 cm³/mol. The van der Waals surface area contributed by atoms with Gasteiger partial charge in [-0.1, -0.05) is 0 Å². The summed E-state index contributed by atoms with van der Waals surface area (Å²) in [5.41, 5.74) is 0.392. The molecule has 0 aliphatic carbocycles. The van der Waals surface area contributed by atoms with Crippen LogP contribution in [0.3, 0.4) is 0 Å². The van der Waals surface area contributed by atoms with Crippen LogP contribution in [0, 0.1) is 0 Å². The third-order valence-electron chi connectivity index (χ3n) is 4.46. The number of morpholine rings is 1. The van der Waals surface area contributed by atoms with Crippen LogP contribution in [0.5, 0.6) is 11.5 Å². The Morgan fingerprint density at radius 2 is 1.80 bits per heavy atom. The summed E-state index contributed by atoms with van der Waals surface area (Å²) in [6, 6.07) is 12.0. The van der Waals surface area contributed by atoms with Gasteiger partial charge >= 0.3 is 0 Å². The van der Waals surface area contributed by atoms with Gasteiger partial charge in [-0.15, -0.1) is 11.8 Å². The molecule has 8 nitrogen and oxygen atoms in total. The van der Waals surface area contributed by atoms with E-state index in [1.54, 1.807) is 19.2 Å². The van der Waals surface area contributed by atoms with Crippen molar-refractivity contribution < 1.29 is 27.4 Å². The monoisotopic (exact) mass is 452 g/mol. The van der Waals surface area contributed by atoms with Crippen LogP contribution in [0.4, 0.5) is 5.69 Å². The average molecular weight is 453 g/mol. The maximum Gasteiger partial charge on any atom is 0.246 e. The van der Waals surface area contributed by atoms with E-state index in [-0.39, 0.29) is 35.4 Å². The molecule has 3 rings (SSSR count). The average Bonchev–Trinajstić information content (AvgIpc) is 2.78.